The molecule has 0 radical (unpaired) electrons. The van der Waals surface area contributed by atoms with Gasteiger partial charge in [-0.1, -0.05) is 6.42 Å². The lowest BCUT2D eigenvalue weighted by Gasteiger charge is -2.21. The zero-order valence-electron chi connectivity index (χ0n) is 11.9. The van der Waals surface area contributed by atoms with Gasteiger partial charge in [-0.2, -0.15) is 5.26 Å². The topological polar surface area (TPSA) is 68.9 Å². The zero-order valence-corrected chi connectivity index (χ0v) is 11.9. The maximum atomic E-state index is 9.13. The second-order valence-corrected chi connectivity index (χ2v) is 5.67. The van der Waals surface area contributed by atoms with E-state index >= 15 is 0 Å². The van der Waals surface area contributed by atoms with Gasteiger partial charge in [0.05, 0.1) is 17.1 Å². The van der Waals surface area contributed by atoms with Gasteiger partial charge in [0, 0.05) is 18.0 Å². The molecule has 1 aromatic carbocycles. The number of nitrogens with zero attached hydrogens (tertiary/aromatic N) is 2. The number of benzene rings is 1. The maximum absolute atomic E-state index is 9.13. The molecular weight excluding hydrogens is 262 g/mol. The van der Waals surface area contributed by atoms with E-state index in [4.69, 9.17) is 10.4 Å². The number of hydrogen-bond donors (Lipinski definition) is 2. The fourth-order valence-corrected chi connectivity index (χ4v) is 3.20. The molecule has 1 saturated carbocycles. The summed E-state index contributed by atoms with van der Waals surface area (Å²) in [6.07, 6.45) is 4.38. The summed E-state index contributed by atoms with van der Waals surface area (Å²) in [5.41, 5.74) is 1.56. The quantitative estimate of drug-likeness (QED) is 0.903. The highest BCUT2D eigenvalue weighted by Crippen LogP contribution is 2.30. The normalized spacial score (nSPS) is 21.3. The number of nitrogens with one attached hydrogen (secondary N) is 1. The molecule has 2 atom stereocenters. The van der Waals surface area contributed by atoms with Crippen molar-refractivity contribution >= 4 is 16.7 Å². The highest BCUT2D eigenvalue weighted by atomic mass is 16.3. The molecule has 3 rings (SSSR count). The molecule has 1 fully saturated rings. The first-order valence-corrected chi connectivity index (χ1v) is 7.48. The number of aromatic nitrogens is 1. The van der Waals surface area contributed by atoms with Crippen molar-refractivity contribution in [2.75, 3.05) is 11.9 Å². The molecule has 0 aliphatic heterocycles. The van der Waals surface area contributed by atoms with Gasteiger partial charge >= 0.3 is 0 Å². The lowest BCUT2D eigenvalue weighted by atomic mass is 10.00. The summed E-state index contributed by atoms with van der Waals surface area (Å²) in [6, 6.07) is 12.1. The number of aliphatic hydroxyl groups excluding tert-OH is 1. The number of hydrogen-bond acceptors (Lipinski definition) is 4. The van der Waals surface area contributed by atoms with Gasteiger partial charge in [-0.15, -0.1) is 0 Å². The average molecular weight is 281 g/mol. The van der Waals surface area contributed by atoms with Crippen LogP contribution in [0.1, 0.15) is 31.2 Å². The van der Waals surface area contributed by atoms with Gasteiger partial charge in [0.25, 0.3) is 0 Å². The summed E-state index contributed by atoms with van der Waals surface area (Å²) in [4.78, 5) is 4.63. The van der Waals surface area contributed by atoms with Gasteiger partial charge in [-0.25, -0.2) is 4.98 Å². The van der Waals surface area contributed by atoms with Gasteiger partial charge in [0.15, 0.2) is 0 Å². The third-order valence-electron chi connectivity index (χ3n) is 4.31. The second-order valence-electron chi connectivity index (χ2n) is 5.67. The molecule has 1 heterocycles. The van der Waals surface area contributed by atoms with Crippen LogP contribution in [0.15, 0.2) is 30.3 Å². The molecule has 2 N–H and O–H groups in total. The second kappa shape index (κ2) is 6.11. The van der Waals surface area contributed by atoms with E-state index in [0.29, 0.717) is 17.5 Å². The first kappa shape index (κ1) is 13.8. The van der Waals surface area contributed by atoms with Crippen molar-refractivity contribution in [3.63, 3.8) is 0 Å². The fourth-order valence-electron chi connectivity index (χ4n) is 3.20. The standard InChI is InChI=1S/C17H19N3O/c18-11-12-4-6-16-14(10-12)5-7-17(20-16)19-15-3-1-2-13(15)8-9-21/h4-7,10,13,15,21H,1-3,8-9H2,(H,19,20). The van der Waals surface area contributed by atoms with Crippen LogP contribution in [0.5, 0.6) is 0 Å². The summed E-state index contributed by atoms with van der Waals surface area (Å²) in [7, 11) is 0. The largest absolute Gasteiger partial charge is 0.396 e. The maximum Gasteiger partial charge on any atom is 0.126 e. The lowest BCUT2D eigenvalue weighted by Crippen LogP contribution is -2.25. The van der Waals surface area contributed by atoms with Gasteiger partial charge in [-0.3, -0.25) is 0 Å². The molecule has 0 amide bonds. The molecule has 1 aliphatic rings. The first-order valence-electron chi connectivity index (χ1n) is 7.48. The van der Waals surface area contributed by atoms with Crippen molar-refractivity contribution in [1.82, 2.24) is 4.98 Å². The third-order valence-corrected chi connectivity index (χ3v) is 4.31. The molecule has 1 aromatic heterocycles. The Morgan fingerprint density at radius 3 is 3.00 bits per heavy atom. The highest BCUT2D eigenvalue weighted by Gasteiger charge is 2.26. The Bertz CT molecular complexity index is 677. The van der Waals surface area contributed by atoms with Crippen molar-refractivity contribution < 1.29 is 5.11 Å². The van der Waals surface area contributed by atoms with Gasteiger partial charge in [0.2, 0.25) is 0 Å². The Labute approximate surface area is 124 Å². The van der Waals surface area contributed by atoms with Crippen molar-refractivity contribution in [3.8, 4) is 6.07 Å². The van der Waals surface area contributed by atoms with Crippen LogP contribution < -0.4 is 5.32 Å². The van der Waals surface area contributed by atoms with Crippen LogP contribution in [0.4, 0.5) is 5.82 Å². The Kier molecular flexibility index (Phi) is 4.03. The number of pyridine rings is 1. The molecule has 0 spiro atoms. The Balaban J connectivity index is 1.80. The van der Waals surface area contributed by atoms with Crippen LogP contribution in [0.25, 0.3) is 10.9 Å². The van der Waals surface area contributed by atoms with Crippen LogP contribution in [0.2, 0.25) is 0 Å². The number of nitriles is 1. The summed E-state index contributed by atoms with van der Waals surface area (Å²) < 4.78 is 0. The summed E-state index contributed by atoms with van der Waals surface area (Å²) in [5.74, 6) is 1.41. The van der Waals surface area contributed by atoms with E-state index in [2.05, 4.69) is 16.4 Å². The molecule has 21 heavy (non-hydrogen) atoms. The zero-order chi connectivity index (χ0) is 14.7. The van der Waals surface area contributed by atoms with Crippen molar-refractivity contribution in [2.45, 2.75) is 31.7 Å². The minimum Gasteiger partial charge on any atom is -0.396 e. The number of fused-ring (bicyclic) bond motifs is 1. The molecule has 108 valence electrons. The van der Waals surface area contributed by atoms with Crippen LogP contribution in [0.3, 0.4) is 0 Å². The monoisotopic (exact) mass is 281 g/mol. The van der Waals surface area contributed by atoms with E-state index in [1.165, 1.54) is 12.8 Å². The summed E-state index contributed by atoms with van der Waals surface area (Å²) in [5, 5.41) is 22.5. The SMILES string of the molecule is N#Cc1ccc2nc(NC3CCCC3CCO)ccc2c1. The smallest absolute Gasteiger partial charge is 0.126 e. The number of aliphatic hydroxyl groups is 1. The van der Waals surface area contributed by atoms with Crippen LogP contribution in [-0.4, -0.2) is 22.7 Å². The summed E-state index contributed by atoms with van der Waals surface area (Å²) >= 11 is 0. The van der Waals surface area contributed by atoms with Gasteiger partial charge in [-0.05, 0) is 55.5 Å². The Morgan fingerprint density at radius 2 is 2.19 bits per heavy atom. The minimum atomic E-state index is 0.255. The van der Waals surface area contributed by atoms with E-state index < -0.39 is 0 Å². The lowest BCUT2D eigenvalue weighted by molar-refractivity contribution is 0.254. The average Bonchev–Trinajstić information content (AvgIpc) is 2.94. The van der Waals surface area contributed by atoms with Gasteiger partial charge < -0.3 is 10.4 Å². The predicted octanol–water partition coefficient (Wildman–Crippen LogP) is 3.07. The summed E-state index contributed by atoms with van der Waals surface area (Å²) in [6.45, 7) is 0.255. The van der Waals surface area contributed by atoms with E-state index in [-0.39, 0.29) is 6.61 Å². The van der Waals surface area contributed by atoms with E-state index in [0.717, 1.165) is 29.6 Å². The fraction of sp³-hybridized carbons (Fsp3) is 0.412. The number of rotatable bonds is 4. The van der Waals surface area contributed by atoms with Crippen molar-refractivity contribution in [2.24, 2.45) is 5.92 Å². The van der Waals surface area contributed by atoms with Crippen molar-refractivity contribution in [3.05, 3.63) is 35.9 Å². The number of anilines is 1. The molecule has 2 aromatic rings. The van der Waals surface area contributed by atoms with E-state index in [1.807, 2.05) is 24.3 Å². The van der Waals surface area contributed by atoms with E-state index in [9.17, 15) is 0 Å². The van der Waals surface area contributed by atoms with Crippen LogP contribution >= 0.6 is 0 Å². The van der Waals surface area contributed by atoms with E-state index in [1.54, 1.807) is 6.07 Å². The first-order chi connectivity index (χ1) is 10.3. The molecule has 0 saturated heterocycles. The molecule has 1 aliphatic carbocycles. The van der Waals surface area contributed by atoms with Crippen LogP contribution in [-0.2, 0) is 0 Å². The molecule has 4 nitrogen and oxygen atoms in total. The Morgan fingerprint density at radius 1 is 1.29 bits per heavy atom. The third kappa shape index (κ3) is 2.98. The molecule has 2 unspecified atom stereocenters. The minimum absolute atomic E-state index is 0.255. The predicted molar refractivity (Wildman–Crippen MR) is 82.9 cm³/mol. The molecular formula is C17H19N3O. The highest BCUT2D eigenvalue weighted by molar-refractivity contribution is 5.81. The van der Waals surface area contributed by atoms with Crippen LogP contribution in [0, 0.1) is 17.2 Å². The Hall–Kier alpha value is -2.12. The molecule has 4 heteroatoms. The van der Waals surface area contributed by atoms with Gasteiger partial charge in [0.1, 0.15) is 5.82 Å². The molecule has 0 bridgehead atoms. The van der Waals surface area contributed by atoms with Crippen molar-refractivity contribution in [1.29, 1.82) is 5.26 Å².